The third-order valence-corrected chi connectivity index (χ3v) is 4.52. The molecule has 0 fully saturated rings. The lowest BCUT2D eigenvalue weighted by Gasteiger charge is -2.12. The fourth-order valence-corrected chi connectivity index (χ4v) is 3.74. The second-order valence-electron chi connectivity index (χ2n) is 4.51. The second-order valence-corrected chi connectivity index (χ2v) is 7.14. The maximum absolute atomic E-state index is 11.9. The van der Waals surface area contributed by atoms with Gasteiger partial charge in [0.25, 0.3) is 0 Å². The summed E-state index contributed by atoms with van der Waals surface area (Å²) < 4.78 is 2.82. The number of amides is 1. The first-order valence-electron chi connectivity index (χ1n) is 6.20. The minimum Gasteiger partial charge on any atom is -0.374 e. The standard InChI is InChI=1S/C15H13Br3N2O/c1-9-6-12(17)15(13(18)7-9)19-8-14(21)20-11-4-2-10(16)3-5-11/h2-7,19H,8H2,1H3,(H,20,21). The van der Waals surface area contributed by atoms with Crippen LogP contribution in [0.4, 0.5) is 11.4 Å². The van der Waals surface area contributed by atoms with Crippen LogP contribution in [-0.4, -0.2) is 12.5 Å². The van der Waals surface area contributed by atoms with E-state index in [9.17, 15) is 4.79 Å². The summed E-state index contributed by atoms with van der Waals surface area (Å²) >= 11 is 10.3. The minimum atomic E-state index is -0.100. The van der Waals surface area contributed by atoms with Gasteiger partial charge in [0.05, 0.1) is 12.2 Å². The van der Waals surface area contributed by atoms with E-state index < -0.39 is 0 Å². The third-order valence-electron chi connectivity index (χ3n) is 2.74. The van der Waals surface area contributed by atoms with E-state index >= 15 is 0 Å². The molecule has 0 bridgehead atoms. The van der Waals surface area contributed by atoms with Crippen LogP contribution in [0.15, 0.2) is 49.8 Å². The molecule has 6 heteroatoms. The molecule has 0 radical (unpaired) electrons. The van der Waals surface area contributed by atoms with Crippen LogP contribution in [0.3, 0.4) is 0 Å². The summed E-state index contributed by atoms with van der Waals surface area (Å²) in [7, 11) is 0. The number of anilines is 2. The van der Waals surface area contributed by atoms with Crippen molar-refractivity contribution in [2.75, 3.05) is 17.2 Å². The van der Waals surface area contributed by atoms with Gasteiger partial charge in [-0.05, 0) is 80.7 Å². The molecule has 0 aliphatic heterocycles. The van der Waals surface area contributed by atoms with Crippen LogP contribution in [0.25, 0.3) is 0 Å². The van der Waals surface area contributed by atoms with Gasteiger partial charge in [0, 0.05) is 19.1 Å². The smallest absolute Gasteiger partial charge is 0.243 e. The number of carbonyl (C=O) groups excluding carboxylic acids is 1. The number of halogens is 3. The largest absolute Gasteiger partial charge is 0.374 e. The van der Waals surface area contributed by atoms with Crippen molar-refractivity contribution in [2.24, 2.45) is 0 Å². The zero-order valence-electron chi connectivity index (χ0n) is 11.2. The van der Waals surface area contributed by atoms with Crippen molar-refractivity contribution in [2.45, 2.75) is 6.92 Å². The highest BCUT2D eigenvalue weighted by molar-refractivity contribution is 9.11. The molecule has 0 aliphatic carbocycles. The van der Waals surface area contributed by atoms with Crippen molar-refractivity contribution in [3.05, 3.63) is 55.4 Å². The molecular formula is C15H13Br3N2O. The number of rotatable bonds is 4. The first-order chi connectivity index (χ1) is 9.95. The fourth-order valence-electron chi connectivity index (χ4n) is 1.78. The number of aryl methyl sites for hydroxylation is 1. The van der Waals surface area contributed by atoms with Gasteiger partial charge >= 0.3 is 0 Å². The molecule has 0 aromatic heterocycles. The van der Waals surface area contributed by atoms with Crippen molar-refractivity contribution in [3.8, 4) is 0 Å². The van der Waals surface area contributed by atoms with Crippen molar-refractivity contribution in [3.63, 3.8) is 0 Å². The Bertz CT molecular complexity index is 633. The third kappa shape index (κ3) is 4.83. The fraction of sp³-hybridized carbons (Fsp3) is 0.133. The predicted octanol–water partition coefficient (Wildman–Crippen LogP) is 5.33. The Hall–Kier alpha value is -0.850. The van der Waals surface area contributed by atoms with E-state index in [0.29, 0.717) is 0 Å². The summed E-state index contributed by atoms with van der Waals surface area (Å²) in [6.45, 7) is 2.20. The average molecular weight is 477 g/mol. The summed E-state index contributed by atoms with van der Waals surface area (Å²) in [5.74, 6) is -0.100. The highest BCUT2D eigenvalue weighted by atomic mass is 79.9. The summed E-state index contributed by atoms with van der Waals surface area (Å²) in [6.07, 6.45) is 0. The lowest BCUT2D eigenvalue weighted by Crippen LogP contribution is -2.22. The van der Waals surface area contributed by atoms with Crippen LogP contribution in [-0.2, 0) is 4.79 Å². The van der Waals surface area contributed by atoms with Gasteiger partial charge in [-0.1, -0.05) is 15.9 Å². The second kappa shape index (κ2) is 7.42. The number of nitrogens with one attached hydrogen (secondary N) is 2. The van der Waals surface area contributed by atoms with Crippen LogP contribution < -0.4 is 10.6 Å². The van der Waals surface area contributed by atoms with Gasteiger partial charge in [-0.15, -0.1) is 0 Å². The number of benzene rings is 2. The maximum atomic E-state index is 11.9. The van der Waals surface area contributed by atoms with Gasteiger partial charge < -0.3 is 10.6 Å². The predicted molar refractivity (Wildman–Crippen MR) is 97.8 cm³/mol. The highest BCUT2D eigenvalue weighted by Crippen LogP contribution is 2.32. The van der Waals surface area contributed by atoms with Gasteiger partial charge in [-0.25, -0.2) is 0 Å². The first-order valence-corrected chi connectivity index (χ1v) is 8.58. The van der Waals surface area contributed by atoms with Gasteiger partial charge in [0.2, 0.25) is 5.91 Å². The van der Waals surface area contributed by atoms with Gasteiger partial charge in [0.1, 0.15) is 0 Å². The van der Waals surface area contributed by atoms with E-state index in [2.05, 4.69) is 58.4 Å². The monoisotopic (exact) mass is 474 g/mol. The van der Waals surface area contributed by atoms with E-state index in [1.54, 1.807) is 0 Å². The molecule has 0 saturated heterocycles. The molecule has 2 rings (SSSR count). The topological polar surface area (TPSA) is 41.1 Å². The molecule has 2 N–H and O–H groups in total. The molecule has 0 spiro atoms. The number of hydrogen-bond donors (Lipinski definition) is 2. The van der Waals surface area contributed by atoms with E-state index in [4.69, 9.17) is 0 Å². The molecule has 110 valence electrons. The molecule has 21 heavy (non-hydrogen) atoms. The first kappa shape index (κ1) is 16.5. The average Bonchev–Trinajstić information content (AvgIpc) is 2.40. The van der Waals surface area contributed by atoms with Gasteiger partial charge in [-0.2, -0.15) is 0 Å². The molecule has 0 aliphatic rings. The van der Waals surface area contributed by atoms with Crippen LogP contribution in [0.5, 0.6) is 0 Å². The molecule has 3 nitrogen and oxygen atoms in total. The van der Waals surface area contributed by atoms with Crippen molar-refractivity contribution in [1.29, 1.82) is 0 Å². The van der Waals surface area contributed by atoms with E-state index in [1.165, 1.54) is 0 Å². The molecule has 1 amide bonds. The molecule has 2 aromatic carbocycles. The van der Waals surface area contributed by atoms with Crippen LogP contribution in [0.1, 0.15) is 5.56 Å². The molecule has 0 unspecified atom stereocenters. The SMILES string of the molecule is Cc1cc(Br)c(NCC(=O)Nc2ccc(Br)cc2)c(Br)c1. The quantitative estimate of drug-likeness (QED) is 0.626. The Morgan fingerprint density at radius 1 is 1.05 bits per heavy atom. The van der Waals surface area contributed by atoms with E-state index in [1.807, 2.05) is 43.3 Å². The molecule has 0 atom stereocenters. The van der Waals surface area contributed by atoms with Crippen LogP contribution in [0, 0.1) is 6.92 Å². The molecule has 2 aromatic rings. The van der Waals surface area contributed by atoms with Gasteiger partial charge in [-0.3, -0.25) is 4.79 Å². The Kier molecular flexibility index (Phi) is 5.84. The Balaban J connectivity index is 1.97. The normalized spacial score (nSPS) is 10.3. The lowest BCUT2D eigenvalue weighted by molar-refractivity contribution is -0.114. The summed E-state index contributed by atoms with van der Waals surface area (Å²) in [6, 6.07) is 11.5. The van der Waals surface area contributed by atoms with E-state index in [0.717, 1.165) is 30.4 Å². The maximum Gasteiger partial charge on any atom is 0.243 e. The summed E-state index contributed by atoms with van der Waals surface area (Å²) in [5, 5.41) is 5.96. The van der Waals surface area contributed by atoms with E-state index in [-0.39, 0.29) is 12.5 Å². The summed E-state index contributed by atoms with van der Waals surface area (Å²) in [4.78, 5) is 11.9. The molecular weight excluding hydrogens is 464 g/mol. The van der Waals surface area contributed by atoms with Crippen molar-refractivity contribution >= 4 is 65.1 Å². The molecule has 0 heterocycles. The van der Waals surface area contributed by atoms with Crippen LogP contribution >= 0.6 is 47.8 Å². The lowest BCUT2D eigenvalue weighted by atomic mass is 10.2. The zero-order chi connectivity index (χ0) is 15.4. The minimum absolute atomic E-state index is 0.100. The number of carbonyl (C=O) groups is 1. The highest BCUT2D eigenvalue weighted by Gasteiger charge is 2.08. The van der Waals surface area contributed by atoms with Crippen molar-refractivity contribution < 1.29 is 4.79 Å². The zero-order valence-corrected chi connectivity index (χ0v) is 16.0. The Labute approximate surface area is 148 Å². The molecule has 0 saturated carbocycles. The summed E-state index contributed by atoms with van der Waals surface area (Å²) in [5.41, 5.74) is 2.78. The van der Waals surface area contributed by atoms with Crippen LogP contribution in [0.2, 0.25) is 0 Å². The number of hydrogen-bond acceptors (Lipinski definition) is 2. The van der Waals surface area contributed by atoms with Crippen molar-refractivity contribution in [1.82, 2.24) is 0 Å². The Morgan fingerprint density at radius 3 is 2.19 bits per heavy atom. The van der Waals surface area contributed by atoms with Gasteiger partial charge in [0.15, 0.2) is 0 Å². The Morgan fingerprint density at radius 2 is 1.62 bits per heavy atom.